The zero-order valence-electron chi connectivity index (χ0n) is 13.8. The Labute approximate surface area is 146 Å². The van der Waals surface area contributed by atoms with Crippen molar-refractivity contribution in [3.05, 3.63) is 60.9 Å². The number of benzene rings is 1. The molecule has 1 saturated heterocycles. The van der Waals surface area contributed by atoms with E-state index in [-0.39, 0.29) is 0 Å². The lowest BCUT2D eigenvalue weighted by Crippen LogP contribution is -2.37. The topological polar surface area (TPSA) is 63.2 Å². The van der Waals surface area contributed by atoms with Gasteiger partial charge in [-0.25, -0.2) is 4.98 Å². The van der Waals surface area contributed by atoms with Crippen LogP contribution in [0.1, 0.15) is 0 Å². The molecule has 0 bridgehead atoms. The molecule has 126 valence electrons. The van der Waals surface area contributed by atoms with Gasteiger partial charge in [-0.15, -0.1) is 0 Å². The van der Waals surface area contributed by atoms with Crippen molar-refractivity contribution >= 4 is 17.5 Å². The normalized spacial score (nSPS) is 14.3. The van der Waals surface area contributed by atoms with Crippen LogP contribution in [0.15, 0.2) is 60.9 Å². The number of ether oxygens (including phenoxy) is 1. The molecule has 0 unspecified atom stereocenters. The minimum absolute atomic E-state index is 0.699. The summed E-state index contributed by atoms with van der Waals surface area (Å²) in [4.78, 5) is 15.8. The van der Waals surface area contributed by atoms with Crippen LogP contribution in [0.25, 0.3) is 11.3 Å². The van der Waals surface area contributed by atoms with Gasteiger partial charge in [0.25, 0.3) is 0 Å². The van der Waals surface area contributed by atoms with Crippen LogP contribution in [-0.4, -0.2) is 41.3 Å². The van der Waals surface area contributed by atoms with Crippen molar-refractivity contribution in [3.8, 4) is 11.3 Å². The van der Waals surface area contributed by atoms with Gasteiger partial charge in [0.1, 0.15) is 5.82 Å². The second-order valence-electron chi connectivity index (χ2n) is 5.77. The summed E-state index contributed by atoms with van der Waals surface area (Å²) in [5.41, 5.74) is 2.85. The highest BCUT2D eigenvalue weighted by molar-refractivity contribution is 5.67. The molecule has 1 aromatic carbocycles. The molecule has 1 N–H and O–H groups in total. The van der Waals surface area contributed by atoms with E-state index in [1.54, 1.807) is 12.4 Å². The summed E-state index contributed by atoms with van der Waals surface area (Å²) in [5, 5.41) is 3.32. The number of rotatable bonds is 4. The number of pyridine rings is 1. The van der Waals surface area contributed by atoms with E-state index in [0.29, 0.717) is 13.2 Å². The molecule has 1 fully saturated rings. The van der Waals surface area contributed by atoms with Crippen molar-refractivity contribution < 1.29 is 4.74 Å². The molecule has 0 spiro atoms. The molecule has 2 aromatic heterocycles. The molecular formula is C19H19N5O. The Balaban J connectivity index is 1.72. The highest BCUT2D eigenvalue weighted by Crippen LogP contribution is 2.25. The maximum atomic E-state index is 5.44. The van der Waals surface area contributed by atoms with Crippen LogP contribution in [-0.2, 0) is 4.74 Å². The molecule has 1 aliphatic rings. The van der Waals surface area contributed by atoms with Crippen molar-refractivity contribution in [1.29, 1.82) is 0 Å². The van der Waals surface area contributed by atoms with Gasteiger partial charge in [-0.1, -0.05) is 30.3 Å². The smallest absolute Gasteiger partial charge is 0.228 e. The van der Waals surface area contributed by atoms with Gasteiger partial charge in [0.2, 0.25) is 5.95 Å². The Morgan fingerprint density at radius 1 is 0.960 bits per heavy atom. The van der Waals surface area contributed by atoms with Crippen molar-refractivity contribution in [2.45, 2.75) is 0 Å². The number of hydrogen-bond donors (Lipinski definition) is 1. The van der Waals surface area contributed by atoms with Crippen molar-refractivity contribution in [2.24, 2.45) is 0 Å². The predicted octanol–water partition coefficient (Wildman–Crippen LogP) is 3.12. The number of nitrogens with zero attached hydrogens (tertiary/aromatic N) is 4. The molecule has 0 radical (unpaired) electrons. The highest BCUT2D eigenvalue weighted by atomic mass is 16.5. The molecule has 0 saturated carbocycles. The van der Waals surface area contributed by atoms with Crippen LogP contribution in [0, 0.1) is 0 Å². The van der Waals surface area contributed by atoms with Crippen molar-refractivity contribution in [1.82, 2.24) is 15.0 Å². The predicted molar refractivity (Wildman–Crippen MR) is 98.0 cm³/mol. The first-order valence-corrected chi connectivity index (χ1v) is 8.33. The summed E-state index contributed by atoms with van der Waals surface area (Å²) in [7, 11) is 0. The van der Waals surface area contributed by atoms with E-state index in [2.05, 4.69) is 27.3 Å². The Morgan fingerprint density at radius 3 is 2.56 bits per heavy atom. The summed E-state index contributed by atoms with van der Waals surface area (Å²) in [6, 6.07) is 16.0. The van der Waals surface area contributed by atoms with Gasteiger partial charge >= 0.3 is 0 Å². The van der Waals surface area contributed by atoms with Gasteiger partial charge in [0.05, 0.1) is 30.8 Å². The lowest BCUT2D eigenvalue weighted by molar-refractivity contribution is 0.122. The molecule has 6 heteroatoms. The molecule has 0 amide bonds. The number of aromatic nitrogens is 3. The minimum atomic E-state index is 0.699. The van der Waals surface area contributed by atoms with Crippen LogP contribution >= 0.6 is 0 Å². The first kappa shape index (κ1) is 15.5. The molecule has 25 heavy (non-hydrogen) atoms. The highest BCUT2D eigenvalue weighted by Gasteiger charge is 2.16. The fourth-order valence-electron chi connectivity index (χ4n) is 2.74. The van der Waals surface area contributed by atoms with Gasteiger partial charge < -0.3 is 15.0 Å². The maximum absolute atomic E-state index is 5.44. The Hall–Kier alpha value is -2.99. The fourth-order valence-corrected chi connectivity index (χ4v) is 2.74. The summed E-state index contributed by atoms with van der Waals surface area (Å²) in [5.74, 6) is 1.47. The second kappa shape index (κ2) is 7.27. The first-order valence-electron chi connectivity index (χ1n) is 8.33. The zero-order valence-corrected chi connectivity index (χ0v) is 13.8. The third kappa shape index (κ3) is 3.75. The van der Waals surface area contributed by atoms with E-state index in [1.807, 2.05) is 36.4 Å². The van der Waals surface area contributed by atoms with Gasteiger partial charge in [0.15, 0.2) is 0 Å². The molecule has 0 atom stereocenters. The van der Waals surface area contributed by atoms with E-state index in [1.165, 1.54) is 0 Å². The van der Waals surface area contributed by atoms with Crippen molar-refractivity contribution in [2.75, 3.05) is 36.5 Å². The first-order chi connectivity index (χ1) is 12.4. The lowest BCUT2D eigenvalue weighted by atomic mass is 10.1. The van der Waals surface area contributed by atoms with Gasteiger partial charge in [0, 0.05) is 30.9 Å². The third-order valence-corrected chi connectivity index (χ3v) is 4.01. The molecule has 3 aromatic rings. The standard InChI is InChI=1S/C19H19N5O/c1-2-5-15(6-3-1)17-13-18(21-16-7-4-8-20-14-16)23-19(22-17)24-9-11-25-12-10-24/h1-8,13-14H,9-12H2,(H,21,22,23). The van der Waals surface area contributed by atoms with Crippen LogP contribution < -0.4 is 10.2 Å². The molecular weight excluding hydrogens is 314 g/mol. The fraction of sp³-hybridized carbons (Fsp3) is 0.211. The number of anilines is 3. The Morgan fingerprint density at radius 2 is 1.80 bits per heavy atom. The molecule has 0 aliphatic carbocycles. The molecule has 6 nitrogen and oxygen atoms in total. The zero-order chi connectivity index (χ0) is 16.9. The summed E-state index contributed by atoms with van der Waals surface area (Å²) in [6.45, 7) is 2.99. The largest absolute Gasteiger partial charge is 0.378 e. The molecule has 1 aliphatic heterocycles. The summed E-state index contributed by atoms with van der Waals surface area (Å²) >= 11 is 0. The van der Waals surface area contributed by atoms with E-state index in [4.69, 9.17) is 14.7 Å². The maximum Gasteiger partial charge on any atom is 0.228 e. The second-order valence-corrected chi connectivity index (χ2v) is 5.77. The summed E-state index contributed by atoms with van der Waals surface area (Å²) in [6.07, 6.45) is 3.53. The van der Waals surface area contributed by atoms with Crippen LogP contribution in [0.4, 0.5) is 17.5 Å². The van der Waals surface area contributed by atoms with Crippen LogP contribution in [0.2, 0.25) is 0 Å². The Kier molecular flexibility index (Phi) is 4.52. The van der Waals surface area contributed by atoms with Crippen molar-refractivity contribution in [3.63, 3.8) is 0 Å². The van der Waals surface area contributed by atoms with E-state index < -0.39 is 0 Å². The van der Waals surface area contributed by atoms with Gasteiger partial charge in [-0.2, -0.15) is 4.98 Å². The van der Waals surface area contributed by atoms with E-state index in [0.717, 1.165) is 41.8 Å². The molecule has 3 heterocycles. The third-order valence-electron chi connectivity index (χ3n) is 4.01. The quantitative estimate of drug-likeness (QED) is 0.791. The summed E-state index contributed by atoms with van der Waals surface area (Å²) < 4.78 is 5.44. The number of morpholine rings is 1. The SMILES string of the molecule is c1ccc(-c2cc(Nc3cccnc3)nc(N3CCOCC3)n2)cc1. The average molecular weight is 333 g/mol. The van der Waals surface area contributed by atoms with Crippen LogP contribution in [0.3, 0.4) is 0 Å². The number of nitrogens with one attached hydrogen (secondary N) is 1. The Bertz CT molecular complexity index is 820. The van der Waals surface area contributed by atoms with Gasteiger partial charge in [-0.05, 0) is 12.1 Å². The van der Waals surface area contributed by atoms with E-state index in [9.17, 15) is 0 Å². The minimum Gasteiger partial charge on any atom is -0.378 e. The molecule has 4 rings (SSSR count). The number of hydrogen-bond acceptors (Lipinski definition) is 6. The van der Waals surface area contributed by atoms with E-state index >= 15 is 0 Å². The van der Waals surface area contributed by atoms with Gasteiger partial charge in [-0.3, -0.25) is 4.98 Å². The van der Waals surface area contributed by atoms with Crippen LogP contribution in [0.5, 0.6) is 0 Å². The average Bonchev–Trinajstić information content (AvgIpc) is 2.70. The lowest BCUT2D eigenvalue weighted by Gasteiger charge is -2.27. The monoisotopic (exact) mass is 333 g/mol.